The first kappa shape index (κ1) is 15.6. The van der Waals surface area contributed by atoms with Crippen LogP contribution >= 0.6 is 0 Å². The maximum atomic E-state index is 6.28. The molecule has 0 amide bonds. The number of rotatable bonds is 5. The lowest BCUT2D eigenvalue weighted by molar-refractivity contribution is 0.101. The number of nitrogens with two attached hydrogens (primary N) is 1. The second kappa shape index (κ2) is 6.09. The number of nitrogens with zero attached hydrogens (tertiary/aromatic N) is 1. The summed E-state index contributed by atoms with van der Waals surface area (Å²) in [6.07, 6.45) is 4.88. The normalized spacial score (nSPS) is 25.5. The van der Waals surface area contributed by atoms with Crippen LogP contribution in [-0.2, 0) is 5.41 Å². The molecule has 0 radical (unpaired) electrons. The Kier molecular flexibility index (Phi) is 4.33. The second-order valence-corrected chi connectivity index (χ2v) is 6.95. The van der Waals surface area contributed by atoms with Crippen LogP contribution in [0.5, 0.6) is 11.5 Å². The van der Waals surface area contributed by atoms with Crippen LogP contribution in [0.2, 0.25) is 0 Å². The molecule has 0 bridgehead atoms. The van der Waals surface area contributed by atoms with Crippen LogP contribution in [0, 0.1) is 0 Å². The van der Waals surface area contributed by atoms with Crippen molar-refractivity contribution < 1.29 is 9.47 Å². The SMILES string of the molecule is COc1ccc(C2(C(C)N)CC2)cc1OC1CCCN(C)C1. The van der Waals surface area contributed by atoms with Crippen molar-refractivity contribution in [3.63, 3.8) is 0 Å². The molecule has 2 N–H and O–H groups in total. The van der Waals surface area contributed by atoms with E-state index in [0.717, 1.165) is 31.0 Å². The van der Waals surface area contributed by atoms with Gasteiger partial charge in [-0.05, 0) is 63.9 Å². The fourth-order valence-corrected chi connectivity index (χ4v) is 3.61. The zero-order valence-electron chi connectivity index (χ0n) is 14.0. The van der Waals surface area contributed by atoms with Gasteiger partial charge in [0.2, 0.25) is 0 Å². The molecular formula is C18H28N2O2. The molecule has 4 heteroatoms. The Hall–Kier alpha value is -1.26. The molecule has 1 aromatic carbocycles. The van der Waals surface area contributed by atoms with Gasteiger partial charge in [0.25, 0.3) is 0 Å². The predicted molar refractivity (Wildman–Crippen MR) is 88.7 cm³/mol. The highest BCUT2D eigenvalue weighted by Crippen LogP contribution is 2.51. The summed E-state index contributed by atoms with van der Waals surface area (Å²) in [5, 5.41) is 0. The number of benzene rings is 1. The van der Waals surface area contributed by atoms with E-state index in [-0.39, 0.29) is 17.6 Å². The maximum Gasteiger partial charge on any atom is 0.161 e. The molecule has 22 heavy (non-hydrogen) atoms. The fraction of sp³-hybridized carbons (Fsp3) is 0.667. The van der Waals surface area contributed by atoms with Gasteiger partial charge in [0.05, 0.1) is 7.11 Å². The number of methoxy groups -OCH3 is 1. The minimum atomic E-state index is 0.147. The Bertz CT molecular complexity index is 526. The van der Waals surface area contributed by atoms with Crippen LogP contribution < -0.4 is 15.2 Å². The number of piperidine rings is 1. The Morgan fingerprint density at radius 1 is 1.32 bits per heavy atom. The van der Waals surface area contributed by atoms with Crippen LogP contribution in [0.1, 0.15) is 38.2 Å². The molecule has 1 aliphatic carbocycles. The van der Waals surface area contributed by atoms with Crippen molar-refractivity contribution in [2.75, 3.05) is 27.2 Å². The minimum Gasteiger partial charge on any atom is -0.493 e. The topological polar surface area (TPSA) is 47.7 Å². The van der Waals surface area contributed by atoms with Gasteiger partial charge >= 0.3 is 0 Å². The fourth-order valence-electron chi connectivity index (χ4n) is 3.61. The molecule has 1 saturated heterocycles. The van der Waals surface area contributed by atoms with Gasteiger partial charge in [-0.15, -0.1) is 0 Å². The zero-order chi connectivity index (χ0) is 15.7. The van der Waals surface area contributed by atoms with Crippen molar-refractivity contribution in [1.82, 2.24) is 4.90 Å². The van der Waals surface area contributed by atoms with Gasteiger partial charge in [0.15, 0.2) is 11.5 Å². The van der Waals surface area contributed by atoms with Crippen molar-refractivity contribution in [3.05, 3.63) is 23.8 Å². The van der Waals surface area contributed by atoms with E-state index in [0.29, 0.717) is 0 Å². The predicted octanol–water partition coefficient (Wildman–Crippen LogP) is 2.55. The van der Waals surface area contributed by atoms with E-state index in [1.165, 1.54) is 24.8 Å². The second-order valence-electron chi connectivity index (χ2n) is 6.95. The van der Waals surface area contributed by atoms with E-state index in [9.17, 15) is 0 Å². The molecule has 122 valence electrons. The number of likely N-dealkylation sites (N-methyl/N-ethyl adjacent to an activating group) is 1. The molecule has 2 fully saturated rings. The van der Waals surface area contributed by atoms with Gasteiger partial charge in [-0.3, -0.25) is 0 Å². The summed E-state index contributed by atoms with van der Waals surface area (Å²) in [5.74, 6) is 1.68. The smallest absolute Gasteiger partial charge is 0.161 e. The maximum absolute atomic E-state index is 6.28. The van der Waals surface area contributed by atoms with E-state index < -0.39 is 0 Å². The molecule has 4 nitrogen and oxygen atoms in total. The van der Waals surface area contributed by atoms with Gasteiger partial charge in [-0.25, -0.2) is 0 Å². The van der Waals surface area contributed by atoms with Gasteiger partial charge in [-0.2, -0.15) is 0 Å². The minimum absolute atomic E-state index is 0.147. The highest BCUT2D eigenvalue weighted by atomic mass is 16.5. The van der Waals surface area contributed by atoms with Crippen LogP contribution in [0.3, 0.4) is 0 Å². The Labute approximate surface area is 133 Å². The molecule has 3 rings (SSSR count). The number of likely N-dealkylation sites (tertiary alicyclic amines) is 1. The van der Waals surface area contributed by atoms with Crippen molar-refractivity contribution in [2.24, 2.45) is 5.73 Å². The Morgan fingerprint density at radius 2 is 2.09 bits per heavy atom. The summed E-state index contributed by atoms with van der Waals surface area (Å²) in [4.78, 5) is 2.33. The van der Waals surface area contributed by atoms with Gasteiger partial charge in [-0.1, -0.05) is 6.07 Å². The van der Waals surface area contributed by atoms with E-state index in [4.69, 9.17) is 15.2 Å². The average molecular weight is 304 g/mol. The summed E-state index contributed by atoms with van der Waals surface area (Å²) in [6, 6.07) is 6.51. The van der Waals surface area contributed by atoms with Crippen LogP contribution in [0.15, 0.2) is 18.2 Å². The quantitative estimate of drug-likeness (QED) is 0.908. The summed E-state index contributed by atoms with van der Waals surface area (Å²) in [6.45, 7) is 4.24. The van der Waals surface area contributed by atoms with Crippen LogP contribution in [0.4, 0.5) is 0 Å². The molecule has 2 unspecified atom stereocenters. The van der Waals surface area contributed by atoms with E-state index in [2.05, 4.69) is 31.0 Å². The standard InChI is InChI=1S/C18H28N2O2/c1-13(19)18(8-9-18)14-6-7-16(21-3)17(11-14)22-15-5-4-10-20(2)12-15/h6-7,11,13,15H,4-5,8-10,12,19H2,1-3H3. The molecule has 1 aliphatic heterocycles. The number of hydrogen-bond acceptors (Lipinski definition) is 4. The first-order valence-electron chi connectivity index (χ1n) is 8.34. The summed E-state index contributed by atoms with van der Waals surface area (Å²) in [5.41, 5.74) is 7.65. The third kappa shape index (κ3) is 2.95. The van der Waals surface area contributed by atoms with Crippen LogP contribution in [-0.4, -0.2) is 44.3 Å². The molecule has 2 aliphatic rings. The molecular weight excluding hydrogens is 276 g/mol. The van der Waals surface area contributed by atoms with E-state index in [1.807, 2.05) is 6.07 Å². The third-order valence-electron chi connectivity index (χ3n) is 5.27. The third-order valence-corrected chi connectivity index (χ3v) is 5.27. The molecule has 0 aromatic heterocycles. The first-order valence-corrected chi connectivity index (χ1v) is 8.34. The van der Waals surface area contributed by atoms with E-state index >= 15 is 0 Å². The van der Waals surface area contributed by atoms with E-state index in [1.54, 1.807) is 7.11 Å². The molecule has 1 saturated carbocycles. The molecule has 1 aromatic rings. The largest absolute Gasteiger partial charge is 0.493 e. The lowest BCUT2D eigenvalue weighted by Gasteiger charge is -2.31. The van der Waals surface area contributed by atoms with Crippen molar-refractivity contribution in [3.8, 4) is 11.5 Å². The van der Waals surface area contributed by atoms with Crippen molar-refractivity contribution in [1.29, 1.82) is 0 Å². The Morgan fingerprint density at radius 3 is 2.68 bits per heavy atom. The summed E-state index contributed by atoms with van der Waals surface area (Å²) < 4.78 is 11.8. The van der Waals surface area contributed by atoms with Crippen molar-refractivity contribution in [2.45, 2.75) is 50.2 Å². The lowest BCUT2D eigenvalue weighted by Crippen LogP contribution is -2.38. The first-order chi connectivity index (χ1) is 10.5. The zero-order valence-corrected chi connectivity index (χ0v) is 14.0. The monoisotopic (exact) mass is 304 g/mol. The number of ether oxygens (including phenoxy) is 2. The highest BCUT2D eigenvalue weighted by molar-refractivity contribution is 5.47. The number of hydrogen-bond donors (Lipinski definition) is 1. The lowest BCUT2D eigenvalue weighted by atomic mass is 9.89. The van der Waals surface area contributed by atoms with Gasteiger partial charge in [0.1, 0.15) is 6.10 Å². The summed E-state index contributed by atoms with van der Waals surface area (Å²) >= 11 is 0. The molecule has 1 heterocycles. The van der Waals surface area contributed by atoms with Crippen LogP contribution in [0.25, 0.3) is 0 Å². The summed E-state index contributed by atoms with van der Waals surface area (Å²) in [7, 11) is 3.85. The highest BCUT2D eigenvalue weighted by Gasteiger charge is 2.47. The molecule has 0 spiro atoms. The van der Waals surface area contributed by atoms with Gasteiger partial charge < -0.3 is 20.1 Å². The Balaban J connectivity index is 1.82. The van der Waals surface area contributed by atoms with Crippen molar-refractivity contribution >= 4 is 0 Å². The average Bonchev–Trinajstić information content (AvgIpc) is 3.29. The van der Waals surface area contributed by atoms with Gasteiger partial charge in [0, 0.05) is 18.0 Å². The molecule has 2 atom stereocenters.